The molecule has 2 aliphatic heterocycles. The summed E-state index contributed by atoms with van der Waals surface area (Å²) in [4.78, 5) is 32.2. The van der Waals surface area contributed by atoms with Crippen molar-refractivity contribution in [3.05, 3.63) is 30.0 Å². The van der Waals surface area contributed by atoms with Crippen LogP contribution in [0.5, 0.6) is 0 Å². The van der Waals surface area contributed by atoms with Gasteiger partial charge in [-0.25, -0.2) is 0 Å². The maximum Gasteiger partial charge on any atom is 0.229 e. The van der Waals surface area contributed by atoms with E-state index < -0.39 is 0 Å². The number of aromatic nitrogens is 1. The lowest BCUT2D eigenvalue weighted by Crippen LogP contribution is -2.40. The Balaban J connectivity index is 1.44. The molecule has 4 rings (SSSR count). The van der Waals surface area contributed by atoms with Crippen LogP contribution in [-0.2, 0) is 16.0 Å². The first kappa shape index (κ1) is 17.6. The van der Waals surface area contributed by atoms with Crippen LogP contribution in [0.1, 0.15) is 31.2 Å². The number of carbonyl (C=O) groups is 2. The molecule has 0 aliphatic carbocycles. The van der Waals surface area contributed by atoms with Crippen molar-refractivity contribution in [1.82, 2.24) is 14.8 Å². The first-order valence-electron chi connectivity index (χ1n) is 9.37. The van der Waals surface area contributed by atoms with E-state index in [2.05, 4.69) is 40.5 Å². The highest BCUT2D eigenvalue weighted by atomic mass is 32.2. The maximum atomic E-state index is 11.8. The van der Waals surface area contributed by atoms with Crippen LogP contribution in [-0.4, -0.2) is 58.5 Å². The Morgan fingerprint density at radius 1 is 1.19 bits per heavy atom. The number of amides is 2. The van der Waals surface area contributed by atoms with Gasteiger partial charge in [0.1, 0.15) is 0 Å². The topological polar surface area (TPSA) is 56.4 Å². The van der Waals surface area contributed by atoms with Crippen LogP contribution < -0.4 is 0 Å². The van der Waals surface area contributed by atoms with Gasteiger partial charge in [-0.1, -0.05) is 0 Å². The molecular weight excluding hydrogens is 346 g/mol. The van der Waals surface area contributed by atoms with Crippen LogP contribution in [0.25, 0.3) is 10.9 Å². The SMILES string of the molecule is CSc1ccc2[nH]cc(C[C@H]3CCCN3CCN3C(=O)CCC3=O)c2c1. The van der Waals surface area contributed by atoms with Gasteiger partial charge in [0, 0.05) is 54.0 Å². The van der Waals surface area contributed by atoms with Crippen molar-refractivity contribution in [3.8, 4) is 0 Å². The molecule has 6 heteroatoms. The third-order valence-corrected chi connectivity index (χ3v) is 6.42. The molecule has 2 fully saturated rings. The summed E-state index contributed by atoms with van der Waals surface area (Å²) in [5.41, 5.74) is 2.55. The van der Waals surface area contributed by atoms with E-state index in [9.17, 15) is 9.59 Å². The highest BCUT2D eigenvalue weighted by Gasteiger charge is 2.31. The number of carbonyl (C=O) groups excluding carboxylic acids is 2. The molecule has 138 valence electrons. The molecule has 0 bridgehead atoms. The average Bonchev–Trinajstić information content (AvgIpc) is 3.34. The van der Waals surface area contributed by atoms with Gasteiger partial charge in [0.25, 0.3) is 0 Å². The van der Waals surface area contributed by atoms with E-state index in [-0.39, 0.29) is 11.8 Å². The molecule has 5 nitrogen and oxygen atoms in total. The second-order valence-corrected chi connectivity index (χ2v) is 8.08. The first-order chi connectivity index (χ1) is 12.7. The van der Waals surface area contributed by atoms with E-state index >= 15 is 0 Å². The largest absolute Gasteiger partial charge is 0.361 e. The number of imide groups is 1. The molecule has 26 heavy (non-hydrogen) atoms. The van der Waals surface area contributed by atoms with E-state index in [1.54, 1.807) is 11.8 Å². The van der Waals surface area contributed by atoms with Crippen molar-refractivity contribution in [2.75, 3.05) is 25.9 Å². The highest BCUT2D eigenvalue weighted by Crippen LogP contribution is 2.28. The van der Waals surface area contributed by atoms with Crippen molar-refractivity contribution in [2.45, 2.75) is 43.0 Å². The minimum Gasteiger partial charge on any atom is -0.361 e. The fraction of sp³-hybridized carbons (Fsp3) is 0.500. The number of nitrogens with zero attached hydrogens (tertiary/aromatic N) is 2. The van der Waals surface area contributed by atoms with Gasteiger partial charge in [-0.05, 0) is 55.8 Å². The summed E-state index contributed by atoms with van der Waals surface area (Å²) in [5.74, 6) is -0.0149. The molecule has 0 spiro atoms. The summed E-state index contributed by atoms with van der Waals surface area (Å²) < 4.78 is 0. The van der Waals surface area contributed by atoms with Crippen LogP contribution in [0.4, 0.5) is 0 Å². The van der Waals surface area contributed by atoms with Gasteiger partial charge < -0.3 is 4.98 Å². The van der Waals surface area contributed by atoms with Crippen molar-refractivity contribution in [2.24, 2.45) is 0 Å². The second-order valence-electron chi connectivity index (χ2n) is 7.20. The third-order valence-electron chi connectivity index (χ3n) is 5.69. The normalized spacial score (nSPS) is 21.4. The lowest BCUT2D eigenvalue weighted by atomic mass is 10.0. The molecule has 1 atom stereocenters. The Morgan fingerprint density at radius 2 is 2.00 bits per heavy atom. The number of hydrogen-bond donors (Lipinski definition) is 1. The fourth-order valence-electron chi connectivity index (χ4n) is 4.23. The molecule has 0 unspecified atom stereocenters. The summed E-state index contributed by atoms with van der Waals surface area (Å²) in [6.45, 7) is 2.39. The van der Waals surface area contributed by atoms with Gasteiger partial charge in [0.05, 0.1) is 0 Å². The Bertz CT molecular complexity index is 816. The molecule has 1 aromatic carbocycles. The molecule has 2 aliphatic rings. The number of fused-ring (bicyclic) bond motifs is 1. The number of benzene rings is 1. The number of nitrogens with one attached hydrogen (secondary N) is 1. The lowest BCUT2D eigenvalue weighted by Gasteiger charge is -2.26. The van der Waals surface area contributed by atoms with E-state index in [1.807, 2.05) is 0 Å². The van der Waals surface area contributed by atoms with Crippen molar-refractivity contribution in [3.63, 3.8) is 0 Å². The van der Waals surface area contributed by atoms with E-state index in [0.717, 1.165) is 19.5 Å². The van der Waals surface area contributed by atoms with Crippen LogP contribution in [0, 0.1) is 0 Å². The molecule has 2 amide bonds. The Hall–Kier alpha value is -1.79. The number of aromatic amines is 1. The lowest BCUT2D eigenvalue weighted by molar-refractivity contribution is -0.138. The summed E-state index contributed by atoms with van der Waals surface area (Å²) in [5, 5.41) is 1.31. The van der Waals surface area contributed by atoms with Crippen LogP contribution >= 0.6 is 11.8 Å². The fourth-order valence-corrected chi connectivity index (χ4v) is 4.67. The molecule has 0 radical (unpaired) electrons. The number of hydrogen-bond acceptors (Lipinski definition) is 4. The number of rotatable bonds is 6. The predicted molar refractivity (Wildman–Crippen MR) is 104 cm³/mol. The monoisotopic (exact) mass is 371 g/mol. The number of likely N-dealkylation sites (tertiary alicyclic amines) is 2. The van der Waals surface area contributed by atoms with E-state index in [4.69, 9.17) is 0 Å². The van der Waals surface area contributed by atoms with E-state index in [0.29, 0.717) is 25.4 Å². The molecule has 3 heterocycles. The zero-order valence-electron chi connectivity index (χ0n) is 15.2. The zero-order valence-corrected chi connectivity index (χ0v) is 16.0. The summed E-state index contributed by atoms with van der Waals surface area (Å²) in [6, 6.07) is 7.06. The van der Waals surface area contributed by atoms with Gasteiger partial charge in [-0.2, -0.15) is 0 Å². The Kier molecular flexibility index (Phi) is 5.05. The highest BCUT2D eigenvalue weighted by molar-refractivity contribution is 7.98. The summed E-state index contributed by atoms with van der Waals surface area (Å²) >= 11 is 1.77. The predicted octanol–water partition coefficient (Wildman–Crippen LogP) is 3.05. The molecule has 2 aromatic rings. The Labute approximate surface area is 158 Å². The van der Waals surface area contributed by atoms with Gasteiger partial charge in [-0.3, -0.25) is 19.4 Å². The summed E-state index contributed by atoms with van der Waals surface area (Å²) in [6.07, 6.45) is 8.39. The second kappa shape index (κ2) is 7.45. The third kappa shape index (κ3) is 3.40. The van der Waals surface area contributed by atoms with Crippen LogP contribution in [0.15, 0.2) is 29.3 Å². The minimum atomic E-state index is -0.00743. The Morgan fingerprint density at radius 3 is 2.77 bits per heavy atom. The van der Waals surface area contributed by atoms with Crippen molar-refractivity contribution < 1.29 is 9.59 Å². The van der Waals surface area contributed by atoms with Gasteiger partial charge in [-0.15, -0.1) is 11.8 Å². The average molecular weight is 372 g/mol. The molecule has 1 N–H and O–H groups in total. The smallest absolute Gasteiger partial charge is 0.229 e. The van der Waals surface area contributed by atoms with Crippen LogP contribution in [0.3, 0.4) is 0 Å². The first-order valence-corrected chi connectivity index (χ1v) is 10.6. The summed E-state index contributed by atoms with van der Waals surface area (Å²) in [7, 11) is 0. The molecule has 2 saturated heterocycles. The quantitative estimate of drug-likeness (QED) is 0.626. The molecular formula is C20H25N3O2S. The van der Waals surface area contributed by atoms with Gasteiger partial charge in [0.15, 0.2) is 0 Å². The maximum absolute atomic E-state index is 11.8. The molecule has 0 saturated carbocycles. The van der Waals surface area contributed by atoms with Gasteiger partial charge in [0.2, 0.25) is 11.8 Å². The molecule has 1 aromatic heterocycles. The minimum absolute atomic E-state index is 0.00743. The van der Waals surface area contributed by atoms with Crippen LogP contribution in [0.2, 0.25) is 0 Å². The zero-order chi connectivity index (χ0) is 18.1. The number of H-pyrrole nitrogens is 1. The van der Waals surface area contributed by atoms with Crippen molar-refractivity contribution in [1.29, 1.82) is 0 Å². The number of thioether (sulfide) groups is 1. The van der Waals surface area contributed by atoms with E-state index in [1.165, 1.54) is 39.1 Å². The standard InChI is InChI=1S/C20H25N3O2S/c1-26-16-4-5-18-17(12-16)14(13-21-18)11-15-3-2-8-22(15)9-10-23-19(24)6-7-20(23)25/h4-5,12-13,15,21H,2-3,6-11H2,1H3/t15-/m1/s1. The van der Waals surface area contributed by atoms with Gasteiger partial charge >= 0.3 is 0 Å². The van der Waals surface area contributed by atoms with Crippen molar-refractivity contribution >= 4 is 34.5 Å².